The molecule has 0 heterocycles. The van der Waals surface area contributed by atoms with Gasteiger partial charge in [-0.15, -0.1) is 0 Å². The molecule has 2 aliphatic rings. The van der Waals surface area contributed by atoms with Crippen LogP contribution in [-0.4, -0.2) is 23.7 Å². The van der Waals surface area contributed by atoms with E-state index in [2.05, 4.69) is 19.9 Å². The minimum Gasteiger partial charge on any atom is -0.426 e. The number of benzene rings is 1. The number of aryl methyl sites for hydroxylation is 1. The fourth-order valence-electron chi connectivity index (χ4n) is 5.58. The van der Waals surface area contributed by atoms with Gasteiger partial charge in [0.25, 0.3) is 0 Å². The quantitative estimate of drug-likeness (QED) is 0.603. The Morgan fingerprint density at radius 1 is 1.37 bits per heavy atom. The van der Waals surface area contributed by atoms with Gasteiger partial charge in [0.1, 0.15) is 5.75 Å². The maximum atomic E-state index is 11.4. The summed E-state index contributed by atoms with van der Waals surface area (Å²) in [7, 11) is 0. The van der Waals surface area contributed by atoms with Crippen molar-refractivity contribution in [3.05, 3.63) is 29.3 Å². The second kappa shape index (κ2) is 9.20. The van der Waals surface area contributed by atoms with Gasteiger partial charge < -0.3 is 15.6 Å². The first-order valence-corrected chi connectivity index (χ1v) is 10.6. The van der Waals surface area contributed by atoms with Gasteiger partial charge in [-0.05, 0) is 85.5 Å². The molecule has 1 aromatic carbocycles. The molecule has 5 unspecified atom stereocenters. The molecule has 1 aromatic rings. The lowest BCUT2D eigenvalue weighted by Crippen LogP contribution is -2.48. The zero-order valence-corrected chi connectivity index (χ0v) is 17.6. The second-order valence-electron chi connectivity index (χ2n) is 7.94. The summed E-state index contributed by atoms with van der Waals surface area (Å²) in [5.41, 5.74) is 8.09. The molecule has 4 nitrogen and oxygen atoms in total. The molecule has 0 radical (unpaired) electrons. The van der Waals surface area contributed by atoms with Crippen LogP contribution in [0.15, 0.2) is 18.2 Å². The van der Waals surface area contributed by atoms with E-state index in [0.29, 0.717) is 23.5 Å². The van der Waals surface area contributed by atoms with Crippen LogP contribution >= 0.6 is 0 Å². The summed E-state index contributed by atoms with van der Waals surface area (Å²) in [6.45, 7) is 10.4. The van der Waals surface area contributed by atoms with Crippen LogP contribution in [0.1, 0.15) is 77.3 Å². The highest BCUT2D eigenvalue weighted by atomic mass is 16.5. The highest BCUT2D eigenvalue weighted by molar-refractivity contribution is 5.74. The van der Waals surface area contributed by atoms with E-state index in [1.165, 1.54) is 11.1 Å². The van der Waals surface area contributed by atoms with Gasteiger partial charge in [0.05, 0.1) is 12.6 Å². The molecule has 3 N–H and O–H groups in total. The number of carbonyl (C=O) groups excluding carboxylic acids is 1. The third-order valence-electron chi connectivity index (χ3n) is 7.14. The molecule has 0 saturated heterocycles. The number of rotatable bonds is 4. The predicted molar refractivity (Wildman–Crippen MR) is 110 cm³/mol. The number of esters is 1. The van der Waals surface area contributed by atoms with Crippen molar-refractivity contribution in [1.82, 2.24) is 0 Å². The van der Waals surface area contributed by atoms with E-state index in [1.807, 2.05) is 32.9 Å². The third-order valence-corrected chi connectivity index (χ3v) is 7.14. The molecular formula is C23H37NO3. The smallest absolute Gasteiger partial charge is 0.325 e. The Labute approximate surface area is 164 Å². The molecule has 0 bridgehead atoms. The van der Waals surface area contributed by atoms with E-state index in [-0.39, 0.29) is 18.1 Å². The number of hydrogen-bond acceptors (Lipinski definition) is 4. The van der Waals surface area contributed by atoms with Gasteiger partial charge >= 0.3 is 5.97 Å². The third kappa shape index (κ3) is 4.07. The number of hydrogen-bond donors (Lipinski definition) is 2. The Morgan fingerprint density at radius 3 is 2.67 bits per heavy atom. The number of ether oxygens (including phenoxy) is 1. The fraction of sp³-hybridized carbons (Fsp3) is 0.696. The minimum atomic E-state index is -0.399. The van der Waals surface area contributed by atoms with Gasteiger partial charge in [-0.1, -0.05) is 33.8 Å². The molecular weight excluding hydrogens is 338 g/mol. The van der Waals surface area contributed by atoms with E-state index in [4.69, 9.17) is 10.5 Å². The molecule has 4 heteroatoms. The van der Waals surface area contributed by atoms with Gasteiger partial charge in [-0.3, -0.25) is 4.79 Å². The minimum absolute atomic E-state index is 0.0509. The Morgan fingerprint density at radius 2 is 2.07 bits per heavy atom. The average Bonchev–Trinajstić information content (AvgIpc) is 2.69. The summed E-state index contributed by atoms with van der Waals surface area (Å²) in [5.74, 6) is 1.89. The zero-order chi connectivity index (χ0) is 20.2. The summed E-state index contributed by atoms with van der Waals surface area (Å²) in [5, 5.41) is 10.5. The van der Waals surface area contributed by atoms with Gasteiger partial charge in [-0.25, -0.2) is 0 Å². The number of carbonyl (C=O) groups is 1. The molecule has 1 fully saturated rings. The average molecular weight is 376 g/mol. The standard InChI is InChI=1S/C21H31NO3.C2H6/c1-4-21(14(3)23)10-9-19-17(13(21)2)7-5-15-11-16(6-8-18(15)19)25-20(24)12-22;1-2/h6,8,11,13-14,17,19,23H,4-5,7,9-10,12,22H2,1-3H3;1-2H3. The van der Waals surface area contributed by atoms with E-state index >= 15 is 0 Å². The SMILES string of the molecule is CC.CCC1(C(C)O)CCC2c3ccc(OC(=O)CN)cc3CCC2C1C. The van der Waals surface area contributed by atoms with Crippen molar-refractivity contribution in [3.8, 4) is 5.75 Å². The number of fused-ring (bicyclic) bond motifs is 3. The van der Waals surface area contributed by atoms with Crippen molar-refractivity contribution in [2.24, 2.45) is 23.0 Å². The molecule has 0 spiro atoms. The van der Waals surface area contributed by atoms with Crippen molar-refractivity contribution in [2.45, 2.75) is 78.7 Å². The van der Waals surface area contributed by atoms with Crippen LogP contribution in [0, 0.1) is 17.3 Å². The topological polar surface area (TPSA) is 72.5 Å². The lowest BCUT2D eigenvalue weighted by molar-refractivity contribution is -0.132. The predicted octanol–water partition coefficient (Wildman–Crippen LogP) is 4.43. The van der Waals surface area contributed by atoms with Crippen molar-refractivity contribution in [3.63, 3.8) is 0 Å². The Balaban J connectivity index is 0.00000126. The van der Waals surface area contributed by atoms with Crippen molar-refractivity contribution >= 4 is 5.97 Å². The van der Waals surface area contributed by atoms with E-state index in [9.17, 15) is 9.90 Å². The normalized spacial score (nSPS) is 30.3. The van der Waals surface area contributed by atoms with Crippen LogP contribution in [0.4, 0.5) is 0 Å². The summed E-state index contributed by atoms with van der Waals surface area (Å²) in [6.07, 6.45) is 5.13. The van der Waals surface area contributed by atoms with Crippen LogP contribution in [0.3, 0.4) is 0 Å². The molecule has 0 aromatic heterocycles. The van der Waals surface area contributed by atoms with Crippen molar-refractivity contribution in [2.75, 3.05) is 6.54 Å². The molecule has 3 rings (SSSR count). The van der Waals surface area contributed by atoms with Gasteiger partial charge in [0, 0.05) is 0 Å². The fourth-order valence-corrected chi connectivity index (χ4v) is 5.58. The molecule has 0 amide bonds. The molecule has 0 aliphatic heterocycles. The summed E-state index contributed by atoms with van der Waals surface area (Å²) >= 11 is 0. The molecule has 152 valence electrons. The first kappa shape index (κ1) is 21.9. The maximum Gasteiger partial charge on any atom is 0.325 e. The lowest BCUT2D eigenvalue weighted by atomic mass is 9.52. The zero-order valence-electron chi connectivity index (χ0n) is 17.6. The van der Waals surface area contributed by atoms with Crippen LogP contribution in [0.5, 0.6) is 5.75 Å². The Kier molecular flexibility index (Phi) is 7.47. The van der Waals surface area contributed by atoms with Crippen LogP contribution in [-0.2, 0) is 11.2 Å². The highest BCUT2D eigenvalue weighted by Gasteiger charge is 2.49. The van der Waals surface area contributed by atoms with Crippen LogP contribution in [0.2, 0.25) is 0 Å². The van der Waals surface area contributed by atoms with E-state index < -0.39 is 5.97 Å². The number of aliphatic hydroxyl groups is 1. The maximum absolute atomic E-state index is 11.4. The summed E-state index contributed by atoms with van der Waals surface area (Å²) < 4.78 is 5.27. The highest BCUT2D eigenvalue weighted by Crippen LogP contribution is 2.57. The first-order chi connectivity index (χ1) is 12.9. The summed E-state index contributed by atoms with van der Waals surface area (Å²) in [4.78, 5) is 11.4. The lowest BCUT2D eigenvalue weighted by Gasteiger charge is -2.53. The van der Waals surface area contributed by atoms with Gasteiger partial charge in [0.15, 0.2) is 0 Å². The second-order valence-corrected chi connectivity index (χ2v) is 7.94. The van der Waals surface area contributed by atoms with Crippen molar-refractivity contribution in [1.29, 1.82) is 0 Å². The number of aliphatic hydroxyl groups excluding tert-OH is 1. The molecule has 5 atom stereocenters. The monoisotopic (exact) mass is 375 g/mol. The van der Waals surface area contributed by atoms with Gasteiger partial charge in [-0.2, -0.15) is 0 Å². The van der Waals surface area contributed by atoms with E-state index in [1.54, 1.807) is 0 Å². The largest absolute Gasteiger partial charge is 0.426 e. The Bertz CT molecular complexity index is 643. The Hall–Kier alpha value is -1.39. The van der Waals surface area contributed by atoms with Crippen LogP contribution in [0.25, 0.3) is 0 Å². The molecule has 2 aliphatic carbocycles. The summed E-state index contributed by atoms with van der Waals surface area (Å²) in [6, 6.07) is 6.05. The first-order valence-electron chi connectivity index (χ1n) is 10.6. The van der Waals surface area contributed by atoms with Gasteiger partial charge in [0.2, 0.25) is 0 Å². The number of nitrogens with two attached hydrogens (primary N) is 1. The van der Waals surface area contributed by atoms with Crippen molar-refractivity contribution < 1.29 is 14.6 Å². The van der Waals surface area contributed by atoms with Crippen LogP contribution < -0.4 is 10.5 Å². The molecule has 27 heavy (non-hydrogen) atoms. The van der Waals surface area contributed by atoms with E-state index in [0.717, 1.165) is 32.1 Å². The molecule has 1 saturated carbocycles.